The van der Waals surface area contributed by atoms with Gasteiger partial charge in [0.15, 0.2) is 0 Å². The molecule has 16 heavy (non-hydrogen) atoms. The monoisotopic (exact) mass is 225 g/mol. The fourth-order valence-electron chi connectivity index (χ4n) is 1.27. The zero-order chi connectivity index (χ0) is 12.0. The number of rotatable bonds is 5. The van der Waals surface area contributed by atoms with Crippen LogP contribution in [0, 0.1) is 0 Å². The molecule has 1 atom stereocenters. The zero-order valence-corrected chi connectivity index (χ0v) is 9.01. The molecule has 0 aliphatic carbocycles. The van der Waals surface area contributed by atoms with Gasteiger partial charge in [-0.3, -0.25) is 4.79 Å². The molecule has 1 aromatic carbocycles. The molecule has 0 fully saturated rings. The van der Waals surface area contributed by atoms with Crippen molar-refractivity contribution in [2.45, 2.75) is 6.04 Å². The fourth-order valence-corrected chi connectivity index (χ4v) is 1.27. The van der Waals surface area contributed by atoms with Gasteiger partial charge in [-0.15, -0.1) is 0 Å². The number of hydrogen-bond donors (Lipinski definition) is 3. The first-order chi connectivity index (χ1) is 7.69. The number of carbonyl (C=O) groups is 1. The lowest BCUT2D eigenvalue weighted by molar-refractivity contribution is 0.0837. The molecule has 0 aliphatic heterocycles. The van der Waals surface area contributed by atoms with Crippen molar-refractivity contribution < 1.29 is 19.7 Å². The Bertz CT molecular complexity index is 354. The number of ether oxygens (including phenoxy) is 1. The van der Waals surface area contributed by atoms with Crippen molar-refractivity contribution in [3.8, 4) is 5.75 Å². The van der Waals surface area contributed by atoms with Crippen LogP contribution in [0.3, 0.4) is 0 Å². The van der Waals surface area contributed by atoms with Crippen LogP contribution in [0.5, 0.6) is 5.75 Å². The maximum absolute atomic E-state index is 11.7. The highest BCUT2D eigenvalue weighted by Gasteiger charge is 2.14. The van der Waals surface area contributed by atoms with E-state index in [0.29, 0.717) is 0 Å². The van der Waals surface area contributed by atoms with Gasteiger partial charge in [0, 0.05) is 7.11 Å². The summed E-state index contributed by atoms with van der Waals surface area (Å²) in [5, 5.41) is 21.0. The third-order valence-corrected chi connectivity index (χ3v) is 2.07. The predicted octanol–water partition coefficient (Wildman–Crippen LogP) is 0.129. The number of aliphatic hydroxyl groups is 1. The first-order valence-corrected chi connectivity index (χ1v) is 4.87. The fraction of sp³-hybridized carbons (Fsp3) is 0.364. The van der Waals surface area contributed by atoms with E-state index >= 15 is 0 Å². The number of nitrogens with one attached hydrogen (secondary N) is 1. The Morgan fingerprint density at radius 3 is 2.75 bits per heavy atom. The average molecular weight is 225 g/mol. The number of para-hydroxylation sites is 1. The second-order valence-corrected chi connectivity index (χ2v) is 3.33. The molecule has 3 N–H and O–H groups in total. The lowest BCUT2D eigenvalue weighted by atomic mass is 10.2. The molecule has 1 aromatic rings. The normalized spacial score (nSPS) is 12.1. The molecule has 88 valence electrons. The minimum Gasteiger partial charge on any atom is -0.507 e. The molecular weight excluding hydrogens is 210 g/mol. The summed E-state index contributed by atoms with van der Waals surface area (Å²) in [6, 6.07) is 5.74. The van der Waals surface area contributed by atoms with Crippen LogP contribution in [-0.4, -0.2) is 42.5 Å². The molecule has 1 unspecified atom stereocenters. The van der Waals surface area contributed by atoms with Crippen LogP contribution >= 0.6 is 0 Å². The molecule has 0 aromatic heterocycles. The van der Waals surface area contributed by atoms with Gasteiger partial charge in [0.05, 0.1) is 24.8 Å². The first kappa shape index (κ1) is 12.5. The van der Waals surface area contributed by atoms with Gasteiger partial charge in [-0.2, -0.15) is 0 Å². The van der Waals surface area contributed by atoms with Gasteiger partial charge in [0.2, 0.25) is 0 Å². The molecule has 0 saturated heterocycles. The van der Waals surface area contributed by atoms with Crippen molar-refractivity contribution in [2.75, 3.05) is 20.3 Å². The summed E-state index contributed by atoms with van der Waals surface area (Å²) in [5.74, 6) is -0.525. The third kappa shape index (κ3) is 3.22. The number of aliphatic hydroxyl groups excluding tert-OH is 1. The molecule has 1 amide bonds. The highest BCUT2D eigenvalue weighted by Crippen LogP contribution is 2.15. The van der Waals surface area contributed by atoms with E-state index in [1.54, 1.807) is 12.1 Å². The molecule has 0 aliphatic rings. The van der Waals surface area contributed by atoms with Crippen LogP contribution in [0.25, 0.3) is 0 Å². The summed E-state index contributed by atoms with van der Waals surface area (Å²) in [7, 11) is 1.48. The van der Waals surface area contributed by atoms with E-state index in [1.807, 2.05) is 0 Å². The largest absolute Gasteiger partial charge is 0.507 e. The van der Waals surface area contributed by atoms with Gasteiger partial charge in [0.1, 0.15) is 5.75 Å². The first-order valence-electron chi connectivity index (χ1n) is 4.87. The Kier molecular flexibility index (Phi) is 4.75. The van der Waals surface area contributed by atoms with Gasteiger partial charge >= 0.3 is 0 Å². The summed E-state index contributed by atoms with van der Waals surface area (Å²) >= 11 is 0. The molecule has 0 spiro atoms. The SMILES string of the molecule is COCC(CO)NC(=O)c1ccccc1O. The maximum atomic E-state index is 11.7. The number of phenols is 1. The lowest BCUT2D eigenvalue weighted by Gasteiger charge is -2.15. The molecule has 0 heterocycles. The Hall–Kier alpha value is -1.59. The summed E-state index contributed by atoms with van der Waals surface area (Å²) in [5.41, 5.74) is 0.178. The third-order valence-electron chi connectivity index (χ3n) is 2.07. The number of amides is 1. The Balaban J connectivity index is 2.68. The van der Waals surface area contributed by atoms with Crippen LogP contribution in [0.15, 0.2) is 24.3 Å². The summed E-state index contributed by atoms with van der Waals surface area (Å²) in [4.78, 5) is 11.7. The van der Waals surface area contributed by atoms with Crippen molar-refractivity contribution in [2.24, 2.45) is 0 Å². The van der Waals surface area contributed by atoms with Gasteiger partial charge in [0.25, 0.3) is 5.91 Å². The quantitative estimate of drug-likeness (QED) is 0.665. The predicted molar refractivity (Wildman–Crippen MR) is 58.3 cm³/mol. The lowest BCUT2D eigenvalue weighted by Crippen LogP contribution is -2.40. The van der Waals surface area contributed by atoms with Crippen LogP contribution in [0.4, 0.5) is 0 Å². The van der Waals surface area contributed by atoms with Crippen molar-refractivity contribution in [3.05, 3.63) is 29.8 Å². The van der Waals surface area contributed by atoms with E-state index in [4.69, 9.17) is 9.84 Å². The number of methoxy groups -OCH3 is 1. The minimum absolute atomic E-state index is 0.0888. The second-order valence-electron chi connectivity index (χ2n) is 3.33. The van der Waals surface area contributed by atoms with Crippen molar-refractivity contribution in [1.29, 1.82) is 0 Å². The highest BCUT2D eigenvalue weighted by atomic mass is 16.5. The molecule has 0 radical (unpaired) electrons. The maximum Gasteiger partial charge on any atom is 0.255 e. The summed E-state index contributed by atoms with van der Waals surface area (Å²) in [6.45, 7) is 0.00299. The number of aromatic hydroxyl groups is 1. The van der Waals surface area contributed by atoms with E-state index in [0.717, 1.165) is 0 Å². The van der Waals surface area contributed by atoms with E-state index in [2.05, 4.69) is 5.32 Å². The number of hydrogen-bond acceptors (Lipinski definition) is 4. The smallest absolute Gasteiger partial charge is 0.255 e. The number of benzene rings is 1. The van der Waals surface area contributed by atoms with E-state index in [1.165, 1.54) is 19.2 Å². The van der Waals surface area contributed by atoms with E-state index in [9.17, 15) is 9.90 Å². The summed E-state index contributed by atoms with van der Waals surface area (Å²) < 4.78 is 4.82. The Labute approximate surface area is 93.7 Å². The van der Waals surface area contributed by atoms with Crippen LogP contribution in [-0.2, 0) is 4.74 Å². The molecular formula is C11H15NO4. The van der Waals surface area contributed by atoms with Gasteiger partial charge in [-0.05, 0) is 12.1 Å². The second kappa shape index (κ2) is 6.09. The Morgan fingerprint density at radius 2 is 2.19 bits per heavy atom. The number of phenolic OH excluding ortho intramolecular Hbond substituents is 1. The van der Waals surface area contributed by atoms with Crippen molar-refractivity contribution in [1.82, 2.24) is 5.32 Å². The van der Waals surface area contributed by atoms with Crippen molar-refractivity contribution >= 4 is 5.91 Å². The molecule has 5 nitrogen and oxygen atoms in total. The van der Waals surface area contributed by atoms with Gasteiger partial charge in [-0.1, -0.05) is 12.1 Å². The molecule has 5 heteroatoms. The average Bonchev–Trinajstić information content (AvgIpc) is 2.28. The topological polar surface area (TPSA) is 78.8 Å². The van der Waals surface area contributed by atoms with E-state index in [-0.39, 0.29) is 24.5 Å². The summed E-state index contributed by atoms with van der Waals surface area (Å²) in [6.07, 6.45) is 0. The molecule has 0 saturated carbocycles. The van der Waals surface area contributed by atoms with Gasteiger partial charge in [-0.25, -0.2) is 0 Å². The standard InChI is InChI=1S/C11H15NO4/c1-16-7-8(6-13)12-11(15)9-4-2-3-5-10(9)14/h2-5,8,13-14H,6-7H2,1H3,(H,12,15). The minimum atomic E-state index is -0.475. The van der Waals surface area contributed by atoms with Crippen LogP contribution < -0.4 is 5.32 Å². The highest BCUT2D eigenvalue weighted by molar-refractivity contribution is 5.96. The molecule has 1 rings (SSSR count). The molecule has 0 bridgehead atoms. The number of carbonyl (C=O) groups excluding carboxylic acids is 1. The Morgan fingerprint density at radius 1 is 1.50 bits per heavy atom. The van der Waals surface area contributed by atoms with Crippen LogP contribution in [0.1, 0.15) is 10.4 Å². The van der Waals surface area contributed by atoms with Crippen LogP contribution in [0.2, 0.25) is 0 Å². The van der Waals surface area contributed by atoms with Gasteiger partial charge < -0.3 is 20.3 Å². The van der Waals surface area contributed by atoms with E-state index < -0.39 is 11.9 Å². The van der Waals surface area contributed by atoms with Crippen molar-refractivity contribution in [3.63, 3.8) is 0 Å². The zero-order valence-electron chi connectivity index (χ0n) is 9.01.